The molecule has 0 fully saturated rings. The van der Waals surface area contributed by atoms with Crippen LogP contribution in [0, 0.1) is 0 Å². The van der Waals surface area contributed by atoms with Crippen LogP contribution in [0.3, 0.4) is 0 Å². The summed E-state index contributed by atoms with van der Waals surface area (Å²) in [5.74, 6) is -1.21. The van der Waals surface area contributed by atoms with Gasteiger partial charge in [-0.1, -0.05) is 17.7 Å². The molecule has 0 saturated carbocycles. The Morgan fingerprint density at radius 1 is 0.889 bits per heavy atom. The van der Waals surface area contributed by atoms with E-state index < -0.39 is 5.75 Å². The first-order chi connectivity index (χ1) is 8.50. The summed E-state index contributed by atoms with van der Waals surface area (Å²) in [5.41, 5.74) is 0.506. The summed E-state index contributed by atoms with van der Waals surface area (Å²) in [7, 11) is 0. The summed E-state index contributed by atoms with van der Waals surface area (Å²) in [6, 6.07) is 4.06. The number of phenolic OH excluding ortho intramolecular Hbond substituents is 4. The Hall–Kier alpha value is -2.27. The molecule has 1 aromatic heterocycles. The molecule has 0 spiro atoms. The average Bonchev–Trinajstić information content (AvgIpc) is 2.72. The summed E-state index contributed by atoms with van der Waals surface area (Å²) in [4.78, 5) is 2.77. The number of hydrogen-bond acceptors (Lipinski definition) is 4. The zero-order chi connectivity index (χ0) is 13.0. The van der Waals surface area contributed by atoms with Crippen molar-refractivity contribution in [3.8, 4) is 23.0 Å². The van der Waals surface area contributed by atoms with Crippen molar-refractivity contribution in [3.05, 3.63) is 23.2 Å². The number of aromatic nitrogens is 1. The number of fused-ring (bicyclic) bond motifs is 3. The van der Waals surface area contributed by atoms with E-state index in [-0.39, 0.29) is 38.7 Å². The lowest BCUT2D eigenvalue weighted by Crippen LogP contribution is -1.74. The molecule has 0 saturated heterocycles. The molecule has 0 aliphatic carbocycles. The zero-order valence-corrected chi connectivity index (χ0v) is 9.65. The highest BCUT2D eigenvalue weighted by molar-refractivity contribution is 6.33. The van der Waals surface area contributed by atoms with E-state index in [4.69, 9.17) is 11.6 Å². The molecule has 0 atom stereocenters. The summed E-state index contributed by atoms with van der Waals surface area (Å²) < 4.78 is 0. The second kappa shape index (κ2) is 3.36. The molecular weight excluding hydrogens is 258 g/mol. The van der Waals surface area contributed by atoms with Crippen LogP contribution in [0.5, 0.6) is 23.0 Å². The van der Waals surface area contributed by atoms with Crippen LogP contribution in [0.1, 0.15) is 0 Å². The smallest absolute Gasteiger partial charge is 0.167 e. The summed E-state index contributed by atoms with van der Waals surface area (Å²) >= 11 is 5.78. The van der Waals surface area contributed by atoms with Crippen LogP contribution in [-0.2, 0) is 0 Å². The molecule has 6 heteroatoms. The predicted molar refractivity (Wildman–Crippen MR) is 67.5 cm³/mol. The maximum absolute atomic E-state index is 9.83. The van der Waals surface area contributed by atoms with Gasteiger partial charge in [0.05, 0.1) is 21.4 Å². The number of aromatic amines is 1. The van der Waals surface area contributed by atoms with E-state index >= 15 is 0 Å². The van der Waals surface area contributed by atoms with Crippen LogP contribution in [0.4, 0.5) is 0 Å². The van der Waals surface area contributed by atoms with Crippen molar-refractivity contribution in [2.45, 2.75) is 0 Å². The Balaban J connectivity index is 2.64. The lowest BCUT2D eigenvalue weighted by Gasteiger charge is -2.01. The third-order valence-corrected chi connectivity index (χ3v) is 3.21. The number of hydrogen-bond donors (Lipinski definition) is 5. The van der Waals surface area contributed by atoms with Crippen molar-refractivity contribution in [1.82, 2.24) is 4.98 Å². The van der Waals surface area contributed by atoms with E-state index in [9.17, 15) is 20.4 Å². The van der Waals surface area contributed by atoms with Gasteiger partial charge in [-0.3, -0.25) is 0 Å². The van der Waals surface area contributed by atoms with E-state index in [1.165, 1.54) is 6.07 Å². The number of aromatic hydroxyl groups is 4. The lowest BCUT2D eigenvalue weighted by atomic mass is 10.1. The van der Waals surface area contributed by atoms with Crippen molar-refractivity contribution >= 4 is 33.4 Å². The quantitative estimate of drug-likeness (QED) is 0.319. The first-order valence-corrected chi connectivity index (χ1v) is 5.45. The van der Waals surface area contributed by atoms with Crippen molar-refractivity contribution in [1.29, 1.82) is 0 Å². The van der Waals surface area contributed by atoms with Gasteiger partial charge in [0.15, 0.2) is 17.2 Å². The lowest BCUT2D eigenvalue weighted by molar-refractivity contribution is 0.402. The SMILES string of the molecule is Oc1cc(O)c2[nH]c3c(O)c(Cl)ccc3c2c1O. The van der Waals surface area contributed by atoms with Crippen molar-refractivity contribution in [2.75, 3.05) is 0 Å². The molecule has 0 unspecified atom stereocenters. The van der Waals surface area contributed by atoms with E-state index in [0.717, 1.165) is 6.07 Å². The summed E-state index contributed by atoms with van der Waals surface area (Å²) in [6.45, 7) is 0. The minimum absolute atomic E-state index is 0.150. The van der Waals surface area contributed by atoms with Crippen LogP contribution in [0.25, 0.3) is 21.8 Å². The Bertz CT molecular complexity index is 793. The molecule has 18 heavy (non-hydrogen) atoms. The molecule has 3 aromatic rings. The van der Waals surface area contributed by atoms with Crippen LogP contribution >= 0.6 is 11.6 Å². The van der Waals surface area contributed by atoms with Gasteiger partial charge in [-0.2, -0.15) is 0 Å². The highest BCUT2D eigenvalue weighted by Crippen LogP contribution is 2.45. The molecule has 92 valence electrons. The minimum atomic E-state index is -0.435. The Kier molecular flexibility index (Phi) is 2.03. The number of H-pyrrole nitrogens is 1. The standard InChI is InChI=1S/C12H8ClNO4/c13-5-2-1-4-8-10(14-9(4)11(5)17)6(15)3-7(16)12(8)18/h1-3,14-18H. The topological polar surface area (TPSA) is 96.7 Å². The van der Waals surface area contributed by atoms with Crippen LogP contribution in [-0.4, -0.2) is 25.4 Å². The third-order valence-electron chi connectivity index (χ3n) is 2.91. The van der Waals surface area contributed by atoms with Crippen molar-refractivity contribution in [2.24, 2.45) is 0 Å². The molecular formula is C12H8ClNO4. The van der Waals surface area contributed by atoms with E-state index in [1.807, 2.05) is 0 Å². The summed E-state index contributed by atoms with van der Waals surface area (Å²) in [6.07, 6.45) is 0. The molecule has 0 aliphatic rings. The number of nitrogens with one attached hydrogen (secondary N) is 1. The fourth-order valence-corrected chi connectivity index (χ4v) is 2.22. The number of halogens is 1. The van der Waals surface area contributed by atoms with Crippen LogP contribution < -0.4 is 0 Å². The summed E-state index contributed by atoms with van der Waals surface area (Å²) in [5, 5.41) is 39.7. The van der Waals surface area contributed by atoms with Gasteiger partial charge in [-0.15, -0.1) is 0 Å². The molecule has 0 radical (unpaired) electrons. The molecule has 0 amide bonds. The number of rotatable bonds is 0. The highest BCUT2D eigenvalue weighted by atomic mass is 35.5. The molecule has 1 heterocycles. The molecule has 2 aromatic carbocycles. The van der Waals surface area contributed by atoms with Gasteiger partial charge in [-0.25, -0.2) is 0 Å². The minimum Gasteiger partial charge on any atom is -0.506 e. The monoisotopic (exact) mass is 265 g/mol. The third kappa shape index (κ3) is 1.22. The average molecular weight is 266 g/mol. The van der Waals surface area contributed by atoms with Gasteiger partial charge >= 0.3 is 0 Å². The highest BCUT2D eigenvalue weighted by Gasteiger charge is 2.18. The van der Waals surface area contributed by atoms with Crippen LogP contribution in [0.2, 0.25) is 5.02 Å². The second-order valence-electron chi connectivity index (χ2n) is 3.96. The van der Waals surface area contributed by atoms with E-state index in [2.05, 4.69) is 4.98 Å². The largest absolute Gasteiger partial charge is 0.506 e. The Labute approximate surface area is 105 Å². The van der Waals surface area contributed by atoms with Crippen LogP contribution in [0.15, 0.2) is 18.2 Å². The maximum Gasteiger partial charge on any atom is 0.167 e. The molecule has 5 N–H and O–H groups in total. The molecule has 3 rings (SSSR count). The fourth-order valence-electron chi connectivity index (χ4n) is 2.06. The Morgan fingerprint density at radius 2 is 1.61 bits per heavy atom. The van der Waals surface area contributed by atoms with E-state index in [1.54, 1.807) is 6.07 Å². The van der Waals surface area contributed by atoms with Gasteiger partial charge in [0.25, 0.3) is 0 Å². The van der Waals surface area contributed by atoms with Gasteiger partial charge in [0.1, 0.15) is 5.75 Å². The predicted octanol–water partition coefficient (Wildman–Crippen LogP) is 2.80. The normalized spacial score (nSPS) is 11.4. The Morgan fingerprint density at radius 3 is 2.33 bits per heavy atom. The first-order valence-electron chi connectivity index (χ1n) is 5.07. The van der Waals surface area contributed by atoms with Crippen molar-refractivity contribution in [3.63, 3.8) is 0 Å². The van der Waals surface area contributed by atoms with Gasteiger partial charge in [0.2, 0.25) is 0 Å². The van der Waals surface area contributed by atoms with Gasteiger partial charge in [0, 0.05) is 11.5 Å². The molecule has 0 bridgehead atoms. The van der Waals surface area contributed by atoms with Crippen molar-refractivity contribution < 1.29 is 20.4 Å². The molecule has 5 nitrogen and oxygen atoms in total. The number of benzene rings is 2. The maximum atomic E-state index is 9.83. The first kappa shape index (κ1) is 10.9. The molecule has 0 aliphatic heterocycles. The van der Waals surface area contributed by atoms with E-state index in [0.29, 0.717) is 5.39 Å². The second-order valence-corrected chi connectivity index (χ2v) is 4.36. The van der Waals surface area contributed by atoms with Gasteiger partial charge in [-0.05, 0) is 6.07 Å². The van der Waals surface area contributed by atoms with Gasteiger partial charge < -0.3 is 25.4 Å². The number of phenols is 4. The zero-order valence-electron chi connectivity index (χ0n) is 8.90. The fraction of sp³-hybridized carbons (Fsp3) is 0.